The molecular weight excluding hydrogens is 296 g/mol. The molecule has 2 heterocycles. The van der Waals surface area contributed by atoms with E-state index in [-0.39, 0.29) is 0 Å². The fourth-order valence-electron chi connectivity index (χ4n) is 2.15. The molecule has 4 heteroatoms. The van der Waals surface area contributed by atoms with Crippen molar-refractivity contribution >= 4 is 22.7 Å². The van der Waals surface area contributed by atoms with Crippen molar-refractivity contribution in [3.63, 3.8) is 0 Å². The maximum Gasteiger partial charge on any atom is 0.107 e. The highest BCUT2D eigenvalue weighted by Crippen LogP contribution is 2.31. The molecule has 0 aliphatic carbocycles. The summed E-state index contributed by atoms with van der Waals surface area (Å²) in [5.74, 6) is 0. The Morgan fingerprint density at radius 3 is 2.62 bits per heavy atom. The van der Waals surface area contributed by atoms with Crippen molar-refractivity contribution < 1.29 is 0 Å². The first kappa shape index (κ1) is 14.4. The van der Waals surface area contributed by atoms with E-state index in [4.69, 9.17) is 0 Å². The van der Waals surface area contributed by atoms with Gasteiger partial charge in [-0.1, -0.05) is 30.3 Å². The number of aromatic nitrogens is 1. The number of thiazole rings is 1. The van der Waals surface area contributed by atoms with Crippen LogP contribution in [-0.2, 0) is 13.0 Å². The van der Waals surface area contributed by atoms with Gasteiger partial charge in [0.1, 0.15) is 5.01 Å². The van der Waals surface area contributed by atoms with Gasteiger partial charge >= 0.3 is 0 Å². The van der Waals surface area contributed by atoms with Crippen LogP contribution >= 0.6 is 22.7 Å². The van der Waals surface area contributed by atoms with Crippen LogP contribution < -0.4 is 5.32 Å². The monoisotopic (exact) mass is 314 g/mol. The summed E-state index contributed by atoms with van der Waals surface area (Å²) in [6.45, 7) is 3.97. The fourth-order valence-corrected chi connectivity index (χ4v) is 3.98. The largest absolute Gasteiger partial charge is 0.310 e. The predicted octanol–water partition coefficient (Wildman–Crippen LogP) is 4.51. The molecule has 3 aromatic rings. The first-order chi connectivity index (χ1) is 10.3. The van der Waals surface area contributed by atoms with Gasteiger partial charge in [-0.05, 0) is 37.6 Å². The summed E-state index contributed by atoms with van der Waals surface area (Å²) in [6.07, 6.45) is 3.05. The van der Waals surface area contributed by atoms with E-state index in [1.54, 1.807) is 11.3 Å². The minimum Gasteiger partial charge on any atom is -0.310 e. The molecule has 2 nitrogen and oxygen atoms in total. The molecule has 1 N–H and O–H groups in total. The smallest absolute Gasteiger partial charge is 0.107 e. The van der Waals surface area contributed by atoms with Crippen molar-refractivity contribution in [3.8, 4) is 9.75 Å². The van der Waals surface area contributed by atoms with Gasteiger partial charge in [0, 0.05) is 22.5 Å². The number of rotatable bonds is 6. The van der Waals surface area contributed by atoms with E-state index in [9.17, 15) is 0 Å². The van der Waals surface area contributed by atoms with E-state index in [1.165, 1.54) is 20.2 Å². The standard InChI is InChI=1S/C17H18N2S2/c1-13-7-8-15(20-13)16-11-19-17(21-16)12-18-10-9-14-5-3-2-4-6-14/h2-8,11,18H,9-10,12H2,1H3. The second-order valence-electron chi connectivity index (χ2n) is 4.94. The number of hydrogen-bond acceptors (Lipinski definition) is 4. The molecule has 1 aromatic carbocycles. The third-order valence-electron chi connectivity index (χ3n) is 3.25. The fraction of sp³-hybridized carbons (Fsp3) is 0.235. The van der Waals surface area contributed by atoms with Crippen LogP contribution in [0.15, 0.2) is 48.7 Å². The summed E-state index contributed by atoms with van der Waals surface area (Å²) in [5, 5.41) is 4.63. The highest BCUT2D eigenvalue weighted by Gasteiger charge is 2.06. The zero-order valence-electron chi connectivity index (χ0n) is 12.0. The molecule has 0 unspecified atom stereocenters. The summed E-state index contributed by atoms with van der Waals surface area (Å²) in [7, 11) is 0. The lowest BCUT2D eigenvalue weighted by atomic mass is 10.1. The summed E-state index contributed by atoms with van der Waals surface area (Å²) >= 11 is 3.61. The van der Waals surface area contributed by atoms with Gasteiger partial charge in [-0.3, -0.25) is 0 Å². The molecule has 108 valence electrons. The van der Waals surface area contributed by atoms with Gasteiger partial charge in [0.05, 0.1) is 4.88 Å². The molecule has 0 radical (unpaired) electrons. The Morgan fingerprint density at radius 1 is 1.00 bits per heavy atom. The van der Waals surface area contributed by atoms with Crippen LogP contribution in [0.3, 0.4) is 0 Å². The van der Waals surface area contributed by atoms with Crippen molar-refractivity contribution in [2.45, 2.75) is 19.9 Å². The molecule has 0 bridgehead atoms. The highest BCUT2D eigenvalue weighted by molar-refractivity contribution is 7.21. The highest BCUT2D eigenvalue weighted by atomic mass is 32.1. The zero-order chi connectivity index (χ0) is 14.5. The number of aryl methyl sites for hydroxylation is 1. The molecular formula is C17H18N2S2. The second kappa shape index (κ2) is 6.98. The minimum atomic E-state index is 0.849. The van der Waals surface area contributed by atoms with Gasteiger partial charge < -0.3 is 5.32 Å². The Hall–Kier alpha value is -1.49. The average molecular weight is 314 g/mol. The van der Waals surface area contributed by atoms with E-state index < -0.39 is 0 Å². The van der Waals surface area contributed by atoms with Crippen molar-refractivity contribution in [3.05, 3.63) is 64.1 Å². The first-order valence-electron chi connectivity index (χ1n) is 7.07. The van der Waals surface area contributed by atoms with Gasteiger partial charge in [0.2, 0.25) is 0 Å². The van der Waals surface area contributed by atoms with Crippen molar-refractivity contribution in [1.82, 2.24) is 10.3 Å². The van der Waals surface area contributed by atoms with Gasteiger partial charge in [-0.25, -0.2) is 4.98 Å². The van der Waals surface area contributed by atoms with Crippen LogP contribution in [0.2, 0.25) is 0 Å². The molecule has 3 rings (SSSR count). The number of nitrogens with one attached hydrogen (secondary N) is 1. The summed E-state index contributed by atoms with van der Waals surface area (Å²) < 4.78 is 0. The van der Waals surface area contributed by atoms with E-state index in [0.717, 1.165) is 24.5 Å². The van der Waals surface area contributed by atoms with E-state index in [0.29, 0.717) is 0 Å². The lowest BCUT2D eigenvalue weighted by molar-refractivity contribution is 0.684. The molecule has 0 saturated carbocycles. The first-order valence-corrected chi connectivity index (χ1v) is 8.71. The molecule has 0 amide bonds. The van der Waals surface area contributed by atoms with Crippen LogP contribution in [0.4, 0.5) is 0 Å². The van der Waals surface area contributed by atoms with Crippen LogP contribution in [0.25, 0.3) is 9.75 Å². The molecule has 0 aliphatic rings. The van der Waals surface area contributed by atoms with E-state index >= 15 is 0 Å². The average Bonchev–Trinajstić information content (AvgIpc) is 3.13. The minimum absolute atomic E-state index is 0.849. The quantitative estimate of drug-likeness (QED) is 0.677. The summed E-state index contributed by atoms with van der Waals surface area (Å²) in [6, 6.07) is 14.9. The zero-order valence-corrected chi connectivity index (χ0v) is 13.6. The molecule has 21 heavy (non-hydrogen) atoms. The van der Waals surface area contributed by atoms with Crippen molar-refractivity contribution in [1.29, 1.82) is 0 Å². The van der Waals surface area contributed by atoms with Crippen LogP contribution in [0.1, 0.15) is 15.4 Å². The maximum atomic E-state index is 4.51. The number of benzene rings is 1. The molecule has 0 fully saturated rings. The topological polar surface area (TPSA) is 24.9 Å². The summed E-state index contributed by atoms with van der Waals surface area (Å²) in [4.78, 5) is 8.45. The van der Waals surface area contributed by atoms with E-state index in [2.05, 4.69) is 59.7 Å². The molecule has 0 spiro atoms. The van der Waals surface area contributed by atoms with Gasteiger partial charge in [-0.15, -0.1) is 22.7 Å². The van der Waals surface area contributed by atoms with Gasteiger partial charge in [0.15, 0.2) is 0 Å². The second-order valence-corrected chi connectivity index (χ2v) is 7.34. The predicted molar refractivity (Wildman–Crippen MR) is 92.0 cm³/mol. The SMILES string of the molecule is Cc1ccc(-c2cnc(CNCCc3ccccc3)s2)s1. The molecule has 0 atom stereocenters. The third kappa shape index (κ3) is 4.00. The Balaban J connectivity index is 1.49. The molecule has 0 saturated heterocycles. The van der Waals surface area contributed by atoms with E-state index in [1.807, 2.05) is 17.5 Å². The number of thiophene rings is 1. The summed E-state index contributed by atoms with van der Waals surface area (Å²) in [5.41, 5.74) is 1.37. The number of hydrogen-bond donors (Lipinski definition) is 1. The van der Waals surface area contributed by atoms with Crippen LogP contribution in [0, 0.1) is 6.92 Å². The lowest BCUT2D eigenvalue weighted by Gasteiger charge is -2.02. The molecule has 0 aliphatic heterocycles. The normalized spacial score (nSPS) is 10.9. The Bertz CT molecular complexity index is 686. The van der Waals surface area contributed by atoms with Crippen LogP contribution in [-0.4, -0.2) is 11.5 Å². The molecule has 2 aromatic heterocycles. The Morgan fingerprint density at radius 2 is 1.86 bits per heavy atom. The Labute approximate surface area is 133 Å². The van der Waals surface area contributed by atoms with Gasteiger partial charge in [0.25, 0.3) is 0 Å². The van der Waals surface area contributed by atoms with Gasteiger partial charge in [-0.2, -0.15) is 0 Å². The number of nitrogens with zero attached hydrogens (tertiary/aromatic N) is 1. The van der Waals surface area contributed by atoms with Crippen molar-refractivity contribution in [2.75, 3.05) is 6.54 Å². The lowest BCUT2D eigenvalue weighted by Crippen LogP contribution is -2.16. The van der Waals surface area contributed by atoms with Crippen molar-refractivity contribution in [2.24, 2.45) is 0 Å². The van der Waals surface area contributed by atoms with Crippen LogP contribution in [0.5, 0.6) is 0 Å². The Kier molecular flexibility index (Phi) is 4.80. The third-order valence-corrected chi connectivity index (χ3v) is 5.44. The maximum absolute atomic E-state index is 4.51.